The molecule has 4 rings (SSSR count). The summed E-state index contributed by atoms with van der Waals surface area (Å²) in [5, 5.41) is 1.74. The lowest BCUT2D eigenvalue weighted by molar-refractivity contribution is 0.0476. The van der Waals surface area contributed by atoms with Gasteiger partial charge in [-0.05, 0) is 48.9 Å². The number of hydrogen-bond donors (Lipinski definition) is 0. The van der Waals surface area contributed by atoms with Gasteiger partial charge in [-0.1, -0.05) is 69.5 Å². The first-order valence-electron chi connectivity index (χ1n) is 9.65. The van der Waals surface area contributed by atoms with E-state index in [2.05, 4.69) is 15.9 Å². The van der Waals surface area contributed by atoms with Gasteiger partial charge in [0, 0.05) is 31.0 Å². The van der Waals surface area contributed by atoms with Gasteiger partial charge in [0.15, 0.2) is 12.4 Å². The summed E-state index contributed by atoms with van der Waals surface area (Å²) in [4.78, 5) is 30.2. The van der Waals surface area contributed by atoms with Gasteiger partial charge in [0.05, 0.1) is 16.8 Å². The highest BCUT2D eigenvalue weighted by atomic mass is 79.9. The molecule has 0 N–H and O–H groups in total. The number of carbonyl (C=O) groups excluding carboxylic acids is 2. The van der Waals surface area contributed by atoms with Gasteiger partial charge in [-0.25, -0.2) is 9.78 Å². The van der Waals surface area contributed by atoms with Crippen LogP contribution >= 0.6 is 39.1 Å². The number of halogens is 3. The maximum atomic E-state index is 13.0. The minimum Gasteiger partial charge on any atom is -0.454 e. The van der Waals surface area contributed by atoms with Crippen molar-refractivity contribution in [2.75, 3.05) is 6.61 Å². The monoisotopic (exact) mass is 527 g/mol. The number of ether oxygens (including phenoxy) is 1. The fourth-order valence-corrected chi connectivity index (χ4v) is 3.81. The zero-order valence-corrected chi connectivity index (χ0v) is 20.0. The number of benzene rings is 3. The predicted molar refractivity (Wildman–Crippen MR) is 131 cm³/mol. The number of aromatic nitrogens is 1. The molecule has 4 nitrogen and oxygen atoms in total. The van der Waals surface area contributed by atoms with Crippen LogP contribution < -0.4 is 0 Å². The number of fused-ring (bicyclic) bond motifs is 1. The first-order valence-corrected chi connectivity index (χ1v) is 11.2. The van der Waals surface area contributed by atoms with Crippen molar-refractivity contribution in [2.24, 2.45) is 0 Å². The summed E-state index contributed by atoms with van der Waals surface area (Å²) >= 11 is 15.6. The Morgan fingerprint density at radius 1 is 0.969 bits per heavy atom. The quantitative estimate of drug-likeness (QED) is 0.201. The minimum absolute atomic E-state index is 0.290. The Hall–Kier alpha value is -2.73. The summed E-state index contributed by atoms with van der Waals surface area (Å²) < 4.78 is 6.24. The molecule has 0 radical (unpaired) electrons. The summed E-state index contributed by atoms with van der Waals surface area (Å²) in [6.45, 7) is 1.47. The lowest BCUT2D eigenvalue weighted by Crippen LogP contribution is -2.15. The molecule has 0 amide bonds. The van der Waals surface area contributed by atoms with Gasteiger partial charge < -0.3 is 4.74 Å². The number of esters is 1. The molecule has 0 aliphatic heterocycles. The average Bonchev–Trinajstić information content (AvgIpc) is 2.80. The second-order valence-electron chi connectivity index (χ2n) is 7.14. The lowest BCUT2D eigenvalue weighted by Gasteiger charge is -2.12. The van der Waals surface area contributed by atoms with Crippen LogP contribution in [0.5, 0.6) is 0 Å². The molecule has 0 saturated heterocycles. The van der Waals surface area contributed by atoms with Crippen LogP contribution in [-0.4, -0.2) is 23.3 Å². The van der Waals surface area contributed by atoms with Crippen LogP contribution in [0.4, 0.5) is 0 Å². The van der Waals surface area contributed by atoms with E-state index in [0.717, 1.165) is 15.6 Å². The molecule has 0 spiro atoms. The fraction of sp³-hybridized carbons (Fsp3) is 0.0800. The molecule has 0 aliphatic carbocycles. The van der Waals surface area contributed by atoms with Crippen molar-refractivity contribution in [3.8, 4) is 11.3 Å². The Labute approximate surface area is 203 Å². The molecule has 160 valence electrons. The summed E-state index contributed by atoms with van der Waals surface area (Å²) in [6, 6.07) is 19.1. The van der Waals surface area contributed by atoms with E-state index in [1.165, 1.54) is 0 Å². The smallest absolute Gasteiger partial charge is 0.339 e. The van der Waals surface area contributed by atoms with E-state index in [9.17, 15) is 9.59 Å². The maximum absolute atomic E-state index is 13.0. The zero-order chi connectivity index (χ0) is 22.8. The van der Waals surface area contributed by atoms with Crippen molar-refractivity contribution in [2.45, 2.75) is 6.92 Å². The molecule has 0 bridgehead atoms. The first-order chi connectivity index (χ1) is 15.3. The van der Waals surface area contributed by atoms with E-state index >= 15 is 0 Å². The summed E-state index contributed by atoms with van der Waals surface area (Å²) in [5.41, 5.74) is 3.48. The van der Waals surface area contributed by atoms with Crippen LogP contribution in [0.1, 0.15) is 26.3 Å². The van der Waals surface area contributed by atoms with Crippen molar-refractivity contribution in [3.63, 3.8) is 0 Å². The third-order valence-corrected chi connectivity index (χ3v) is 6.22. The van der Waals surface area contributed by atoms with Crippen LogP contribution in [-0.2, 0) is 4.74 Å². The highest BCUT2D eigenvalue weighted by molar-refractivity contribution is 9.10. The largest absolute Gasteiger partial charge is 0.454 e. The molecule has 0 atom stereocenters. The molecule has 1 aromatic heterocycles. The van der Waals surface area contributed by atoms with Crippen molar-refractivity contribution >= 4 is 61.8 Å². The Bertz CT molecular complexity index is 1340. The van der Waals surface area contributed by atoms with Gasteiger partial charge in [-0.3, -0.25) is 4.79 Å². The number of ketones is 1. The van der Waals surface area contributed by atoms with Gasteiger partial charge in [0.1, 0.15) is 0 Å². The molecule has 7 heteroatoms. The van der Waals surface area contributed by atoms with Crippen LogP contribution in [0, 0.1) is 6.92 Å². The summed E-state index contributed by atoms with van der Waals surface area (Å²) in [5.74, 6) is -0.902. The molecule has 1 heterocycles. The number of Topliss-reactive ketones (excluding diaryl/α,β-unsaturated/α-hetero) is 1. The molecular weight excluding hydrogens is 513 g/mol. The third kappa shape index (κ3) is 4.70. The highest BCUT2D eigenvalue weighted by Crippen LogP contribution is 2.31. The minimum atomic E-state index is -0.611. The number of pyridine rings is 1. The fourth-order valence-electron chi connectivity index (χ4n) is 3.27. The number of hydrogen-bond acceptors (Lipinski definition) is 4. The third-order valence-electron chi connectivity index (χ3n) is 5.03. The van der Waals surface area contributed by atoms with Gasteiger partial charge in [0.2, 0.25) is 0 Å². The Balaban J connectivity index is 1.70. The Morgan fingerprint density at radius 2 is 1.66 bits per heavy atom. The van der Waals surface area contributed by atoms with Crippen LogP contribution in [0.25, 0.3) is 22.2 Å². The molecule has 0 unspecified atom stereocenters. The Kier molecular flexibility index (Phi) is 6.60. The molecule has 0 fully saturated rings. The molecule has 0 saturated carbocycles. The average molecular weight is 529 g/mol. The Morgan fingerprint density at radius 3 is 2.34 bits per heavy atom. The topological polar surface area (TPSA) is 56.3 Å². The molecule has 0 aliphatic rings. The van der Waals surface area contributed by atoms with Crippen LogP contribution in [0.15, 0.2) is 71.2 Å². The second-order valence-corrected chi connectivity index (χ2v) is 8.90. The first kappa shape index (κ1) is 22.5. The normalized spacial score (nSPS) is 10.9. The van der Waals surface area contributed by atoms with E-state index in [4.69, 9.17) is 32.9 Å². The number of nitrogens with zero attached hydrogens (tertiary/aromatic N) is 1. The van der Waals surface area contributed by atoms with Crippen molar-refractivity contribution in [3.05, 3.63) is 97.9 Å². The molecule has 32 heavy (non-hydrogen) atoms. The summed E-state index contributed by atoms with van der Waals surface area (Å²) in [7, 11) is 0. The summed E-state index contributed by atoms with van der Waals surface area (Å²) in [6.07, 6.45) is 0. The van der Waals surface area contributed by atoms with Gasteiger partial charge in [-0.2, -0.15) is 0 Å². The van der Waals surface area contributed by atoms with Gasteiger partial charge in [-0.15, -0.1) is 0 Å². The molecular formula is C25H16BrCl2NO3. The predicted octanol–water partition coefficient (Wildman–Crippen LogP) is 7.32. The zero-order valence-electron chi connectivity index (χ0n) is 16.9. The second kappa shape index (κ2) is 9.41. The van der Waals surface area contributed by atoms with E-state index in [0.29, 0.717) is 37.8 Å². The van der Waals surface area contributed by atoms with E-state index in [1.54, 1.807) is 54.6 Å². The molecule has 4 aromatic rings. The number of carbonyl (C=O) groups is 2. The molecule has 3 aromatic carbocycles. The van der Waals surface area contributed by atoms with E-state index in [-0.39, 0.29) is 12.4 Å². The number of aryl methyl sites for hydroxylation is 1. The van der Waals surface area contributed by atoms with Crippen molar-refractivity contribution in [1.82, 2.24) is 4.98 Å². The van der Waals surface area contributed by atoms with E-state index < -0.39 is 5.97 Å². The standard InChI is InChI=1S/C25H16BrCl2NO3/c1-14-21(28)11-10-19-20(12-22(29-24(14)19)15-4-8-18(27)9-5-15)25(31)32-13-23(30)16-2-6-17(26)7-3-16/h2-12H,13H2,1H3. The van der Waals surface area contributed by atoms with Crippen molar-refractivity contribution in [1.29, 1.82) is 0 Å². The van der Waals surface area contributed by atoms with E-state index in [1.807, 2.05) is 19.1 Å². The number of rotatable bonds is 5. The van der Waals surface area contributed by atoms with Gasteiger partial charge >= 0.3 is 5.97 Å². The van der Waals surface area contributed by atoms with Crippen LogP contribution in [0.2, 0.25) is 10.0 Å². The lowest BCUT2D eigenvalue weighted by atomic mass is 10.0. The SMILES string of the molecule is Cc1c(Cl)ccc2c(C(=O)OCC(=O)c3ccc(Br)cc3)cc(-c3ccc(Cl)cc3)nc12. The van der Waals surface area contributed by atoms with Crippen LogP contribution in [0.3, 0.4) is 0 Å². The van der Waals surface area contributed by atoms with Gasteiger partial charge in [0.25, 0.3) is 0 Å². The maximum Gasteiger partial charge on any atom is 0.339 e. The van der Waals surface area contributed by atoms with Crippen molar-refractivity contribution < 1.29 is 14.3 Å². The highest BCUT2D eigenvalue weighted by Gasteiger charge is 2.19.